The summed E-state index contributed by atoms with van der Waals surface area (Å²) in [5.41, 5.74) is 0. The molecule has 0 aliphatic rings. The lowest BCUT2D eigenvalue weighted by molar-refractivity contribution is 0.394. The van der Waals surface area contributed by atoms with E-state index >= 15 is 0 Å². The molecule has 0 amide bonds. The van der Waals surface area contributed by atoms with Crippen molar-refractivity contribution in [2.24, 2.45) is 15.9 Å². The number of rotatable bonds is 7. The maximum Gasteiger partial charge on any atom is 0.235 e. The number of hydrogen-bond donors (Lipinski definition) is 0. The van der Waals surface area contributed by atoms with E-state index in [2.05, 4.69) is 9.98 Å². The highest BCUT2D eigenvalue weighted by Crippen LogP contribution is 2.17. The van der Waals surface area contributed by atoms with E-state index in [0.29, 0.717) is 6.54 Å². The van der Waals surface area contributed by atoms with Crippen molar-refractivity contribution < 1.29 is 9.59 Å². The number of isocyanates is 2. The zero-order valence-electron chi connectivity index (χ0n) is 8.69. The van der Waals surface area contributed by atoms with Crippen LogP contribution in [0.1, 0.15) is 33.1 Å². The van der Waals surface area contributed by atoms with E-state index in [1.54, 1.807) is 6.08 Å². The first-order valence-electron chi connectivity index (χ1n) is 4.90. The molecular weight excluding hydrogens is 180 g/mol. The fourth-order valence-corrected chi connectivity index (χ4v) is 1.45. The molecule has 0 rings (SSSR count). The second-order valence-electron chi connectivity index (χ2n) is 3.18. The van der Waals surface area contributed by atoms with Crippen LogP contribution in [0.2, 0.25) is 0 Å². The summed E-state index contributed by atoms with van der Waals surface area (Å²) in [6.45, 7) is 4.42. The van der Waals surface area contributed by atoms with E-state index in [1.165, 1.54) is 6.08 Å². The summed E-state index contributed by atoms with van der Waals surface area (Å²) in [6.07, 6.45) is 5.72. The van der Waals surface area contributed by atoms with Gasteiger partial charge < -0.3 is 0 Å². The van der Waals surface area contributed by atoms with Crippen molar-refractivity contribution in [3.05, 3.63) is 0 Å². The Balaban J connectivity index is 4.38. The zero-order chi connectivity index (χ0) is 10.8. The molecule has 4 nitrogen and oxygen atoms in total. The molecule has 0 aromatic heterocycles. The van der Waals surface area contributed by atoms with Crippen LogP contribution in [-0.2, 0) is 9.59 Å². The van der Waals surface area contributed by atoms with E-state index in [1.807, 2.05) is 13.8 Å². The Kier molecular flexibility index (Phi) is 7.62. The molecule has 14 heavy (non-hydrogen) atoms. The summed E-state index contributed by atoms with van der Waals surface area (Å²) in [7, 11) is 0. The molecule has 0 N–H and O–H groups in total. The van der Waals surface area contributed by atoms with Gasteiger partial charge >= 0.3 is 0 Å². The van der Waals surface area contributed by atoms with Crippen LogP contribution in [0, 0.1) is 5.92 Å². The number of nitrogens with zero attached hydrogens (tertiary/aromatic N) is 2. The molecule has 0 heterocycles. The van der Waals surface area contributed by atoms with Crippen LogP contribution in [0.15, 0.2) is 9.98 Å². The number of aliphatic imine (C=N–C) groups is 2. The zero-order valence-corrected chi connectivity index (χ0v) is 8.69. The Labute approximate surface area is 84.1 Å². The van der Waals surface area contributed by atoms with Crippen LogP contribution < -0.4 is 0 Å². The molecule has 2 atom stereocenters. The predicted octanol–water partition coefficient (Wildman–Crippen LogP) is 1.85. The van der Waals surface area contributed by atoms with Gasteiger partial charge in [-0.15, -0.1) is 0 Å². The number of carbonyl (C=O) groups excluding carboxylic acids is 2. The van der Waals surface area contributed by atoms with Crippen molar-refractivity contribution in [1.29, 1.82) is 0 Å². The summed E-state index contributed by atoms with van der Waals surface area (Å²) in [4.78, 5) is 27.4. The fraction of sp³-hybridized carbons (Fsp3) is 0.800. The fourth-order valence-electron chi connectivity index (χ4n) is 1.45. The molecule has 0 bridgehead atoms. The topological polar surface area (TPSA) is 58.9 Å². The maximum absolute atomic E-state index is 10.2. The van der Waals surface area contributed by atoms with E-state index in [0.717, 1.165) is 19.3 Å². The summed E-state index contributed by atoms with van der Waals surface area (Å²) >= 11 is 0. The third-order valence-corrected chi connectivity index (χ3v) is 2.26. The monoisotopic (exact) mass is 196 g/mol. The lowest BCUT2D eigenvalue weighted by Gasteiger charge is -2.18. The number of hydrogen-bond acceptors (Lipinski definition) is 4. The van der Waals surface area contributed by atoms with Crippen molar-refractivity contribution in [3.63, 3.8) is 0 Å². The van der Waals surface area contributed by atoms with E-state index < -0.39 is 0 Å². The molecule has 4 heteroatoms. The molecule has 78 valence electrons. The van der Waals surface area contributed by atoms with Crippen LogP contribution in [-0.4, -0.2) is 24.7 Å². The highest BCUT2D eigenvalue weighted by molar-refractivity contribution is 5.34. The normalized spacial score (nSPS) is 13.6. The molecule has 2 unspecified atom stereocenters. The van der Waals surface area contributed by atoms with Gasteiger partial charge in [0.15, 0.2) is 0 Å². The first kappa shape index (κ1) is 12.8. The lowest BCUT2D eigenvalue weighted by atomic mass is 9.94. The largest absolute Gasteiger partial charge is 0.235 e. The molecule has 0 aromatic carbocycles. The Hall–Kier alpha value is -1.24. The Morgan fingerprint density at radius 1 is 1.21 bits per heavy atom. The maximum atomic E-state index is 10.2. The van der Waals surface area contributed by atoms with Crippen molar-refractivity contribution in [2.45, 2.75) is 39.2 Å². The molecule has 0 aliphatic heterocycles. The highest BCUT2D eigenvalue weighted by Gasteiger charge is 2.17. The third-order valence-electron chi connectivity index (χ3n) is 2.26. The lowest BCUT2D eigenvalue weighted by Crippen LogP contribution is -2.20. The van der Waals surface area contributed by atoms with Gasteiger partial charge in [-0.3, -0.25) is 0 Å². The molecule has 0 spiro atoms. The van der Waals surface area contributed by atoms with Gasteiger partial charge in [0.05, 0.1) is 12.6 Å². The molecular formula is C10H16N2O2. The van der Waals surface area contributed by atoms with E-state index in [-0.39, 0.29) is 12.0 Å². The molecule has 0 aromatic rings. The smallest absolute Gasteiger partial charge is 0.211 e. The van der Waals surface area contributed by atoms with Gasteiger partial charge in [-0.1, -0.05) is 20.3 Å². The minimum Gasteiger partial charge on any atom is -0.211 e. The summed E-state index contributed by atoms with van der Waals surface area (Å²) in [5.74, 6) is 0.151. The van der Waals surface area contributed by atoms with Crippen molar-refractivity contribution in [1.82, 2.24) is 0 Å². The Morgan fingerprint density at radius 2 is 1.93 bits per heavy atom. The van der Waals surface area contributed by atoms with Gasteiger partial charge in [0.25, 0.3) is 0 Å². The Morgan fingerprint density at radius 3 is 2.36 bits per heavy atom. The molecule has 0 saturated carbocycles. The van der Waals surface area contributed by atoms with Crippen LogP contribution >= 0.6 is 0 Å². The minimum atomic E-state index is -0.0559. The first-order valence-corrected chi connectivity index (χ1v) is 4.90. The average Bonchev–Trinajstić information content (AvgIpc) is 2.19. The van der Waals surface area contributed by atoms with Crippen LogP contribution in [0.4, 0.5) is 0 Å². The quantitative estimate of drug-likeness (QED) is 0.461. The first-order chi connectivity index (χ1) is 6.79. The standard InChI is InChI=1S/C10H16N2O2/c1-3-5-10(12-8-14)9(4-2)6-11-7-13/h9-10H,3-6H2,1-2H3. The SMILES string of the molecule is CCCC(N=C=O)C(CC)CN=C=O. The van der Waals surface area contributed by atoms with Crippen molar-refractivity contribution >= 4 is 12.2 Å². The highest BCUT2D eigenvalue weighted by atomic mass is 16.1. The van der Waals surface area contributed by atoms with Gasteiger partial charge in [-0.05, 0) is 12.8 Å². The Bertz CT molecular complexity index is 241. The third kappa shape index (κ3) is 4.70. The van der Waals surface area contributed by atoms with Gasteiger partial charge in [0, 0.05) is 5.92 Å². The van der Waals surface area contributed by atoms with Crippen molar-refractivity contribution in [2.75, 3.05) is 6.54 Å². The van der Waals surface area contributed by atoms with Gasteiger partial charge in [0.2, 0.25) is 12.2 Å². The second-order valence-corrected chi connectivity index (χ2v) is 3.18. The molecule has 0 radical (unpaired) electrons. The molecule has 0 aliphatic carbocycles. The average molecular weight is 196 g/mol. The van der Waals surface area contributed by atoms with Gasteiger partial charge in [-0.25, -0.2) is 19.6 Å². The van der Waals surface area contributed by atoms with Gasteiger partial charge in [-0.2, -0.15) is 0 Å². The van der Waals surface area contributed by atoms with Crippen molar-refractivity contribution in [3.8, 4) is 0 Å². The van der Waals surface area contributed by atoms with Gasteiger partial charge in [0.1, 0.15) is 0 Å². The van der Waals surface area contributed by atoms with Crippen LogP contribution in [0.3, 0.4) is 0 Å². The summed E-state index contributed by atoms with van der Waals surface area (Å²) in [5, 5.41) is 0. The summed E-state index contributed by atoms with van der Waals surface area (Å²) < 4.78 is 0. The van der Waals surface area contributed by atoms with Crippen LogP contribution in [0.5, 0.6) is 0 Å². The predicted molar refractivity (Wildman–Crippen MR) is 53.6 cm³/mol. The summed E-state index contributed by atoms with van der Waals surface area (Å²) in [6, 6.07) is -0.0559. The van der Waals surface area contributed by atoms with Crippen LogP contribution in [0.25, 0.3) is 0 Å². The molecule has 0 fully saturated rings. The van der Waals surface area contributed by atoms with E-state index in [9.17, 15) is 9.59 Å². The molecule has 0 saturated heterocycles. The minimum absolute atomic E-state index is 0.0559. The second kappa shape index (κ2) is 8.36. The van der Waals surface area contributed by atoms with E-state index in [4.69, 9.17) is 0 Å².